The molecule has 20 heavy (non-hydrogen) atoms. The van der Waals surface area contributed by atoms with Crippen LogP contribution in [-0.2, 0) is 4.74 Å². The first-order valence-corrected chi connectivity index (χ1v) is 7.31. The van der Waals surface area contributed by atoms with Gasteiger partial charge >= 0.3 is 0 Å². The Hall–Kier alpha value is -1.52. The molecule has 1 unspecified atom stereocenters. The van der Waals surface area contributed by atoms with Crippen molar-refractivity contribution in [1.29, 1.82) is 0 Å². The van der Waals surface area contributed by atoms with Gasteiger partial charge in [-0.25, -0.2) is 0 Å². The molecule has 5 rings (SSSR count). The molecule has 0 aromatic carbocycles. The molecule has 2 fully saturated rings. The molecule has 4 nitrogen and oxygen atoms in total. The maximum Gasteiger partial charge on any atom is 0.153 e. The van der Waals surface area contributed by atoms with Crippen molar-refractivity contribution < 1.29 is 14.9 Å². The van der Waals surface area contributed by atoms with Crippen LogP contribution >= 0.6 is 0 Å². The summed E-state index contributed by atoms with van der Waals surface area (Å²) in [7, 11) is 0. The fourth-order valence-electron chi connectivity index (χ4n) is 5.04. The molecular weight excluding hydrogens is 254 g/mol. The minimum atomic E-state index is -0.588. The van der Waals surface area contributed by atoms with Gasteiger partial charge in [-0.3, -0.25) is 0 Å². The van der Waals surface area contributed by atoms with E-state index in [1.807, 2.05) is 12.2 Å². The van der Waals surface area contributed by atoms with Crippen LogP contribution in [0.4, 0.5) is 0 Å². The highest BCUT2D eigenvalue weighted by atomic mass is 16.5. The third-order valence-electron chi connectivity index (χ3n) is 5.75. The molecule has 4 heteroatoms. The Morgan fingerprint density at radius 3 is 3.10 bits per heavy atom. The van der Waals surface area contributed by atoms with Crippen molar-refractivity contribution in [2.24, 2.45) is 17.3 Å². The smallest absolute Gasteiger partial charge is 0.153 e. The maximum absolute atomic E-state index is 10.4. The van der Waals surface area contributed by atoms with E-state index in [1.165, 1.54) is 5.57 Å². The number of aliphatic hydroxyl groups excluding tert-OH is 2. The van der Waals surface area contributed by atoms with E-state index in [0.717, 1.165) is 13.0 Å². The van der Waals surface area contributed by atoms with Gasteiger partial charge in [0.25, 0.3) is 0 Å². The van der Waals surface area contributed by atoms with Gasteiger partial charge in [-0.05, 0) is 24.6 Å². The summed E-state index contributed by atoms with van der Waals surface area (Å²) in [5, 5.41) is 24.1. The Morgan fingerprint density at radius 2 is 2.20 bits per heavy atom. The second-order valence-corrected chi connectivity index (χ2v) is 6.46. The zero-order valence-corrected chi connectivity index (χ0v) is 11.0. The Kier molecular flexibility index (Phi) is 1.89. The number of hydrogen-bond acceptors (Lipinski definition) is 4. The second-order valence-electron chi connectivity index (χ2n) is 6.46. The van der Waals surface area contributed by atoms with Gasteiger partial charge in [0.1, 0.15) is 18.0 Å². The molecule has 2 aliphatic heterocycles. The Bertz CT molecular complexity index is 617. The van der Waals surface area contributed by atoms with Gasteiger partial charge in [0, 0.05) is 17.4 Å². The van der Waals surface area contributed by atoms with Crippen molar-refractivity contribution in [2.75, 3.05) is 6.54 Å². The van der Waals surface area contributed by atoms with Gasteiger partial charge in [-0.2, -0.15) is 0 Å². The Morgan fingerprint density at radius 1 is 1.30 bits per heavy atom. The molecule has 2 bridgehead atoms. The number of aliphatic hydroxyl groups is 2. The van der Waals surface area contributed by atoms with Crippen molar-refractivity contribution >= 4 is 0 Å². The summed E-state index contributed by atoms with van der Waals surface area (Å²) in [5.74, 6) is 1.31. The van der Waals surface area contributed by atoms with Crippen LogP contribution in [0.3, 0.4) is 0 Å². The lowest BCUT2D eigenvalue weighted by atomic mass is 9.51. The quantitative estimate of drug-likeness (QED) is 0.579. The van der Waals surface area contributed by atoms with E-state index in [1.54, 1.807) is 6.08 Å². The number of allylic oxidation sites excluding steroid dienone is 3. The molecule has 5 aliphatic rings. The molecular formula is C16H17NO3. The van der Waals surface area contributed by atoms with E-state index in [4.69, 9.17) is 4.74 Å². The molecule has 0 aromatic rings. The van der Waals surface area contributed by atoms with Gasteiger partial charge in [-0.15, -0.1) is 0 Å². The van der Waals surface area contributed by atoms with Gasteiger partial charge in [-0.1, -0.05) is 24.3 Å². The van der Waals surface area contributed by atoms with E-state index in [9.17, 15) is 10.2 Å². The van der Waals surface area contributed by atoms with Crippen LogP contribution in [0.2, 0.25) is 0 Å². The minimum absolute atomic E-state index is 0.0976. The van der Waals surface area contributed by atoms with Crippen LogP contribution in [-0.4, -0.2) is 35.0 Å². The van der Waals surface area contributed by atoms with Crippen LogP contribution < -0.4 is 5.32 Å². The molecule has 2 heterocycles. The second kappa shape index (κ2) is 3.38. The standard InChI is InChI=1S/C16H17NO3/c18-11-3-1-8-7-10-9-2-4-12(19)15-16(9,5-6-17-10)13(8)14(11)20-15/h1-4,7,9-10,12-13,15,17-19H,5-6H2/t9-,10+,12-,13?,15-,16-/m0/s1. The van der Waals surface area contributed by atoms with Crippen LogP contribution in [0.15, 0.2) is 47.5 Å². The van der Waals surface area contributed by atoms with Crippen LogP contribution in [0, 0.1) is 17.3 Å². The van der Waals surface area contributed by atoms with Crippen LogP contribution in [0.5, 0.6) is 0 Å². The average molecular weight is 271 g/mol. The lowest BCUT2D eigenvalue weighted by Gasteiger charge is -2.54. The normalized spacial score (nSPS) is 50.6. The summed E-state index contributed by atoms with van der Waals surface area (Å²) < 4.78 is 6.06. The molecule has 3 N–H and O–H groups in total. The van der Waals surface area contributed by atoms with E-state index >= 15 is 0 Å². The van der Waals surface area contributed by atoms with Crippen molar-refractivity contribution in [1.82, 2.24) is 5.32 Å². The summed E-state index contributed by atoms with van der Waals surface area (Å²) in [4.78, 5) is 0. The molecule has 0 aromatic heterocycles. The van der Waals surface area contributed by atoms with Gasteiger partial charge in [0.05, 0.1) is 5.92 Å². The first kappa shape index (κ1) is 11.2. The Labute approximate surface area is 117 Å². The number of nitrogens with one attached hydrogen (secondary N) is 1. The predicted octanol–water partition coefficient (Wildman–Crippen LogP) is 1.18. The number of ether oxygens (including phenoxy) is 1. The molecule has 1 spiro atoms. The first-order chi connectivity index (χ1) is 9.72. The topological polar surface area (TPSA) is 61.7 Å². The monoisotopic (exact) mass is 271 g/mol. The van der Waals surface area contributed by atoms with E-state index in [0.29, 0.717) is 17.7 Å². The molecule has 0 saturated carbocycles. The molecule has 0 amide bonds. The van der Waals surface area contributed by atoms with Crippen LogP contribution in [0.1, 0.15) is 6.42 Å². The minimum Gasteiger partial charge on any atom is -0.504 e. The summed E-state index contributed by atoms with van der Waals surface area (Å²) in [6.07, 6.45) is 10.1. The van der Waals surface area contributed by atoms with Gasteiger partial charge < -0.3 is 20.3 Å². The molecule has 6 atom stereocenters. The fourth-order valence-corrected chi connectivity index (χ4v) is 5.04. The number of piperidine rings is 1. The number of rotatable bonds is 0. The highest BCUT2D eigenvalue weighted by Crippen LogP contribution is 2.64. The Balaban J connectivity index is 1.82. The fraction of sp³-hybridized carbons (Fsp3) is 0.500. The van der Waals surface area contributed by atoms with Gasteiger partial charge in [0.15, 0.2) is 5.76 Å². The van der Waals surface area contributed by atoms with Gasteiger partial charge in [0.2, 0.25) is 0 Å². The summed E-state index contributed by atoms with van der Waals surface area (Å²) in [5.41, 5.74) is 1.11. The maximum atomic E-state index is 10.4. The van der Waals surface area contributed by atoms with Crippen molar-refractivity contribution in [3.8, 4) is 0 Å². The van der Waals surface area contributed by atoms with Crippen molar-refractivity contribution in [3.05, 3.63) is 47.5 Å². The SMILES string of the molecule is OC1=C2O[C@H]3[C@@H](O)C=C[C@H]4[C@H]5C=C(C=C1)C2[C@]43CCN5. The zero-order valence-electron chi connectivity index (χ0n) is 11.0. The molecule has 3 aliphatic carbocycles. The van der Waals surface area contributed by atoms with Crippen molar-refractivity contribution in [2.45, 2.75) is 24.7 Å². The summed E-state index contributed by atoms with van der Waals surface area (Å²) in [6.45, 7) is 0.930. The summed E-state index contributed by atoms with van der Waals surface area (Å²) in [6, 6.07) is 0.300. The van der Waals surface area contributed by atoms with E-state index in [-0.39, 0.29) is 23.2 Å². The highest BCUT2D eigenvalue weighted by Gasteiger charge is 2.66. The lowest BCUT2D eigenvalue weighted by molar-refractivity contribution is -0.0685. The molecule has 104 valence electrons. The van der Waals surface area contributed by atoms with E-state index in [2.05, 4.69) is 17.5 Å². The molecule has 2 saturated heterocycles. The third kappa shape index (κ3) is 1.04. The largest absolute Gasteiger partial charge is 0.504 e. The van der Waals surface area contributed by atoms with E-state index < -0.39 is 6.10 Å². The highest BCUT2D eigenvalue weighted by molar-refractivity contribution is 5.49. The average Bonchev–Trinajstić information content (AvgIpc) is 2.78. The first-order valence-electron chi connectivity index (χ1n) is 7.31. The zero-order chi connectivity index (χ0) is 13.5. The third-order valence-corrected chi connectivity index (χ3v) is 5.75. The predicted molar refractivity (Wildman–Crippen MR) is 72.7 cm³/mol. The van der Waals surface area contributed by atoms with Crippen molar-refractivity contribution in [3.63, 3.8) is 0 Å². The lowest BCUT2D eigenvalue weighted by Crippen LogP contribution is -2.62. The number of hydrogen-bond donors (Lipinski definition) is 3. The summed E-state index contributed by atoms with van der Waals surface area (Å²) >= 11 is 0. The van der Waals surface area contributed by atoms with Crippen LogP contribution in [0.25, 0.3) is 0 Å². The molecule has 0 radical (unpaired) electrons.